The fraction of sp³-hybridized carbons (Fsp3) is 0.320. The first-order valence-electron chi connectivity index (χ1n) is 11.0. The maximum Gasteiger partial charge on any atom is 0.224 e. The van der Waals surface area contributed by atoms with E-state index >= 15 is 0 Å². The first kappa shape index (κ1) is 19.5. The molecule has 158 valence electrons. The molecule has 0 bridgehead atoms. The zero-order valence-electron chi connectivity index (χ0n) is 17.8. The minimum atomic E-state index is 0.206. The van der Waals surface area contributed by atoms with Gasteiger partial charge in [-0.2, -0.15) is 5.10 Å². The second kappa shape index (κ2) is 8.38. The van der Waals surface area contributed by atoms with E-state index in [2.05, 4.69) is 52.3 Å². The molecule has 0 spiro atoms. The minimum absolute atomic E-state index is 0.206. The minimum Gasteiger partial charge on any atom is -0.357 e. The van der Waals surface area contributed by atoms with Crippen LogP contribution in [0.25, 0.3) is 22.0 Å². The van der Waals surface area contributed by atoms with Crippen LogP contribution in [-0.2, 0) is 11.3 Å². The average molecular weight is 414 g/mol. The van der Waals surface area contributed by atoms with Gasteiger partial charge in [0.05, 0.1) is 0 Å². The summed E-state index contributed by atoms with van der Waals surface area (Å²) in [4.78, 5) is 22.9. The van der Waals surface area contributed by atoms with Crippen molar-refractivity contribution in [2.45, 2.75) is 38.6 Å². The van der Waals surface area contributed by atoms with Crippen LogP contribution >= 0.6 is 0 Å². The van der Waals surface area contributed by atoms with Crippen LogP contribution in [0.1, 0.15) is 36.4 Å². The maximum atomic E-state index is 12.9. The molecule has 4 heterocycles. The van der Waals surface area contributed by atoms with E-state index in [0.717, 1.165) is 25.9 Å². The van der Waals surface area contributed by atoms with Gasteiger partial charge in [0.15, 0.2) is 0 Å². The van der Waals surface area contributed by atoms with Crippen molar-refractivity contribution in [3.8, 4) is 11.1 Å². The van der Waals surface area contributed by atoms with Gasteiger partial charge in [0.2, 0.25) is 5.91 Å². The Balaban J connectivity index is 1.44. The molecule has 1 saturated heterocycles. The van der Waals surface area contributed by atoms with Crippen molar-refractivity contribution in [2.75, 3.05) is 13.1 Å². The van der Waals surface area contributed by atoms with Gasteiger partial charge < -0.3 is 9.88 Å². The molecule has 5 rings (SSSR count). The molecule has 0 aliphatic carbocycles. The van der Waals surface area contributed by atoms with E-state index in [-0.39, 0.29) is 11.8 Å². The molecule has 31 heavy (non-hydrogen) atoms. The number of carbonyl (C=O) groups is 1. The number of fused-ring (bicyclic) bond motifs is 1. The van der Waals surface area contributed by atoms with Gasteiger partial charge in [-0.25, -0.2) is 0 Å². The summed E-state index contributed by atoms with van der Waals surface area (Å²) in [6, 6.07) is 12.5. The highest BCUT2D eigenvalue weighted by Gasteiger charge is 2.28. The van der Waals surface area contributed by atoms with Crippen molar-refractivity contribution < 1.29 is 4.79 Å². The second-order valence-corrected chi connectivity index (χ2v) is 8.35. The van der Waals surface area contributed by atoms with E-state index in [0.29, 0.717) is 13.0 Å². The number of hydrogen-bond acceptors (Lipinski definition) is 3. The van der Waals surface area contributed by atoms with Gasteiger partial charge in [0.25, 0.3) is 0 Å². The van der Waals surface area contributed by atoms with Crippen molar-refractivity contribution in [2.24, 2.45) is 0 Å². The molecule has 6 heteroatoms. The van der Waals surface area contributed by atoms with E-state index in [4.69, 9.17) is 0 Å². The van der Waals surface area contributed by atoms with Crippen LogP contribution in [0, 0.1) is 6.92 Å². The molecule has 1 atom stereocenters. The lowest BCUT2D eigenvalue weighted by molar-refractivity contribution is -0.132. The molecular formula is C25H27N5O. The monoisotopic (exact) mass is 413 g/mol. The quantitative estimate of drug-likeness (QED) is 0.523. The molecule has 0 unspecified atom stereocenters. The van der Waals surface area contributed by atoms with Gasteiger partial charge in [-0.15, -0.1) is 0 Å². The van der Waals surface area contributed by atoms with E-state index in [9.17, 15) is 4.79 Å². The summed E-state index contributed by atoms with van der Waals surface area (Å²) < 4.78 is 1.82. The molecule has 0 radical (unpaired) electrons. The van der Waals surface area contributed by atoms with Gasteiger partial charge in [0, 0.05) is 78.9 Å². The van der Waals surface area contributed by atoms with Gasteiger partial charge in [-0.1, -0.05) is 18.2 Å². The van der Waals surface area contributed by atoms with E-state index in [1.54, 1.807) is 6.20 Å². The highest BCUT2D eigenvalue weighted by atomic mass is 16.2. The normalized spacial score (nSPS) is 16.7. The topological polar surface area (TPSA) is 66.8 Å². The van der Waals surface area contributed by atoms with Crippen LogP contribution in [-0.4, -0.2) is 43.6 Å². The Labute approximate surface area is 181 Å². The van der Waals surface area contributed by atoms with Crippen LogP contribution in [0.5, 0.6) is 0 Å². The zero-order chi connectivity index (χ0) is 21.2. The Hall–Kier alpha value is -3.41. The first-order chi connectivity index (χ1) is 15.2. The van der Waals surface area contributed by atoms with Gasteiger partial charge in [-0.05, 0) is 49.1 Å². The predicted molar refractivity (Wildman–Crippen MR) is 122 cm³/mol. The Kier molecular flexibility index (Phi) is 5.28. The number of carbonyl (C=O) groups excluding carboxylic acids is 1. The van der Waals surface area contributed by atoms with Crippen molar-refractivity contribution in [3.63, 3.8) is 0 Å². The lowest BCUT2D eigenvalue weighted by Gasteiger charge is -2.33. The molecule has 1 aliphatic rings. The third-order valence-electron chi connectivity index (χ3n) is 6.34. The van der Waals surface area contributed by atoms with Crippen LogP contribution < -0.4 is 0 Å². The summed E-state index contributed by atoms with van der Waals surface area (Å²) in [6.45, 7) is 4.35. The smallest absolute Gasteiger partial charge is 0.224 e. The molecule has 0 saturated carbocycles. The molecule has 1 aliphatic heterocycles. The number of nitrogens with one attached hydrogen (secondary N) is 1. The molecule has 1 fully saturated rings. The fourth-order valence-corrected chi connectivity index (χ4v) is 4.76. The Morgan fingerprint density at radius 2 is 2.03 bits per heavy atom. The fourth-order valence-electron chi connectivity index (χ4n) is 4.76. The number of aromatic amines is 1. The number of amides is 1. The highest BCUT2D eigenvalue weighted by molar-refractivity contribution is 5.99. The van der Waals surface area contributed by atoms with Crippen molar-refractivity contribution in [1.82, 2.24) is 24.6 Å². The van der Waals surface area contributed by atoms with E-state index < -0.39 is 0 Å². The van der Waals surface area contributed by atoms with Crippen molar-refractivity contribution in [1.29, 1.82) is 0 Å². The highest BCUT2D eigenvalue weighted by Crippen LogP contribution is 2.40. The van der Waals surface area contributed by atoms with Crippen LogP contribution in [0.15, 0.2) is 61.2 Å². The molecule has 4 aromatic rings. The summed E-state index contributed by atoms with van der Waals surface area (Å²) in [6.07, 6.45) is 9.92. The first-order valence-corrected chi connectivity index (χ1v) is 11.0. The number of benzene rings is 1. The van der Waals surface area contributed by atoms with Crippen molar-refractivity contribution >= 4 is 16.8 Å². The van der Waals surface area contributed by atoms with Gasteiger partial charge in [-0.3, -0.25) is 14.5 Å². The molecule has 1 aromatic carbocycles. The molecular weight excluding hydrogens is 386 g/mol. The average Bonchev–Trinajstić information content (AvgIpc) is 3.47. The number of piperidine rings is 1. The zero-order valence-corrected chi connectivity index (χ0v) is 17.8. The Morgan fingerprint density at radius 3 is 2.84 bits per heavy atom. The van der Waals surface area contributed by atoms with Crippen LogP contribution in [0.2, 0.25) is 0 Å². The third kappa shape index (κ3) is 3.85. The van der Waals surface area contributed by atoms with Crippen molar-refractivity contribution in [3.05, 3.63) is 72.4 Å². The number of hydrogen-bond donors (Lipinski definition) is 1. The number of aryl methyl sites for hydroxylation is 2. The Bertz CT molecular complexity index is 1180. The maximum absolute atomic E-state index is 12.9. The summed E-state index contributed by atoms with van der Waals surface area (Å²) in [5.74, 6) is 0.496. The lowest BCUT2D eigenvalue weighted by Crippen LogP contribution is -2.39. The number of nitrogens with zero attached hydrogens (tertiary/aromatic N) is 4. The standard InChI is InChI=1S/C25H27N5O/c1-18-5-2-7-21-23(19-8-12-26-13-9-19)25(28-24(18)21)20-6-3-14-29(17-20)22(31)10-16-30-15-4-11-27-30/h2,4-5,7-9,11-13,15,20,28H,3,6,10,14,16-17H2,1H3/t20-/m1/s1. The molecule has 6 nitrogen and oxygen atoms in total. The summed E-state index contributed by atoms with van der Waals surface area (Å²) in [7, 11) is 0. The largest absolute Gasteiger partial charge is 0.357 e. The number of H-pyrrole nitrogens is 1. The summed E-state index contributed by atoms with van der Waals surface area (Å²) in [5, 5.41) is 5.45. The number of pyridine rings is 1. The second-order valence-electron chi connectivity index (χ2n) is 8.35. The number of aromatic nitrogens is 4. The summed E-state index contributed by atoms with van der Waals surface area (Å²) >= 11 is 0. The number of para-hydroxylation sites is 1. The number of rotatable bonds is 5. The number of likely N-dealkylation sites (tertiary alicyclic amines) is 1. The third-order valence-corrected chi connectivity index (χ3v) is 6.34. The molecule has 1 amide bonds. The molecule has 1 N–H and O–H groups in total. The predicted octanol–water partition coefficient (Wildman–Crippen LogP) is 4.53. The summed E-state index contributed by atoms with van der Waals surface area (Å²) in [5.41, 5.74) is 6.08. The molecule has 3 aromatic heterocycles. The van der Waals surface area contributed by atoms with E-state index in [1.165, 1.54) is 33.3 Å². The van der Waals surface area contributed by atoms with Crippen LogP contribution in [0.4, 0.5) is 0 Å². The Morgan fingerprint density at radius 1 is 1.16 bits per heavy atom. The van der Waals surface area contributed by atoms with Crippen LogP contribution in [0.3, 0.4) is 0 Å². The van der Waals surface area contributed by atoms with Gasteiger partial charge >= 0.3 is 0 Å². The lowest BCUT2D eigenvalue weighted by atomic mass is 9.89. The van der Waals surface area contributed by atoms with Gasteiger partial charge in [0.1, 0.15) is 0 Å². The SMILES string of the molecule is Cc1cccc2c(-c3ccncc3)c([C@@H]3CCCN(C(=O)CCn4cccn4)C3)[nH]c12. The van der Waals surface area contributed by atoms with E-state index in [1.807, 2.05) is 34.2 Å².